The normalized spacial score (nSPS) is 34.2. The minimum Gasteiger partial charge on any atom is -0.0622 e. The van der Waals surface area contributed by atoms with Gasteiger partial charge < -0.3 is 0 Å². The van der Waals surface area contributed by atoms with Gasteiger partial charge in [-0.15, -0.1) is 0 Å². The van der Waals surface area contributed by atoms with Gasteiger partial charge in [-0.05, 0) is 28.9 Å². The standard InChI is InChI=1S/C8H15ClS/c1-7-4-2-3-5-8(7)6-10-9/h7-8H,2-6H2,1H3. The monoisotopic (exact) mass is 178 g/mol. The molecule has 0 amide bonds. The van der Waals surface area contributed by atoms with Crippen LogP contribution in [-0.2, 0) is 0 Å². The predicted octanol–water partition coefficient (Wildman–Crippen LogP) is 3.70. The van der Waals surface area contributed by atoms with Crippen LogP contribution in [0.2, 0.25) is 0 Å². The van der Waals surface area contributed by atoms with E-state index in [9.17, 15) is 0 Å². The van der Waals surface area contributed by atoms with Crippen molar-refractivity contribution in [2.24, 2.45) is 11.8 Å². The van der Waals surface area contributed by atoms with Crippen LogP contribution in [0.4, 0.5) is 0 Å². The lowest BCUT2D eigenvalue weighted by Crippen LogP contribution is -2.18. The SMILES string of the molecule is CC1CCCCC1CSCl. The first kappa shape index (κ1) is 8.73. The van der Waals surface area contributed by atoms with Gasteiger partial charge in [0, 0.05) is 5.75 Å². The van der Waals surface area contributed by atoms with Gasteiger partial charge in [0.15, 0.2) is 0 Å². The molecule has 0 saturated heterocycles. The third-order valence-corrected chi connectivity index (χ3v) is 3.50. The maximum Gasteiger partial charge on any atom is 0.0116 e. The van der Waals surface area contributed by atoms with Crippen molar-refractivity contribution < 1.29 is 0 Å². The molecule has 0 aromatic heterocycles. The van der Waals surface area contributed by atoms with E-state index in [1.165, 1.54) is 36.7 Å². The molecule has 2 unspecified atom stereocenters. The molecule has 1 saturated carbocycles. The number of hydrogen-bond donors (Lipinski definition) is 0. The van der Waals surface area contributed by atoms with Crippen LogP contribution in [0.1, 0.15) is 32.6 Å². The summed E-state index contributed by atoms with van der Waals surface area (Å²) < 4.78 is 0. The van der Waals surface area contributed by atoms with Gasteiger partial charge in [-0.25, -0.2) is 0 Å². The summed E-state index contributed by atoms with van der Waals surface area (Å²) in [6.45, 7) is 2.36. The van der Waals surface area contributed by atoms with Crippen LogP contribution in [0.5, 0.6) is 0 Å². The average molecular weight is 179 g/mol. The quantitative estimate of drug-likeness (QED) is 0.622. The second-order valence-corrected chi connectivity index (χ2v) is 4.50. The highest BCUT2D eigenvalue weighted by molar-refractivity contribution is 8.21. The molecule has 1 aliphatic carbocycles. The Morgan fingerprint density at radius 2 is 2.10 bits per heavy atom. The van der Waals surface area contributed by atoms with Crippen LogP contribution < -0.4 is 0 Å². The molecule has 1 aliphatic rings. The molecule has 2 heteroatoms. The van der Waals surface area contributed by atoms with Gasteiger partial charge in [-0.2, -0.15) is 0 Å². The summed E-state index contributed by atoms with van der Waals surface area (Å²) in [5.74, 6) is 2.97. The van der Waals surface area contributed by atoms with E-state index in [-0.39, 0.29) is 0 Å². The second-order valence-electron chi connectivity index (χ2n) is 3.30. The van der Waals surface area contributed by atoms with Gasteiger partial charge in [0.2, 0.25) is 0 Å². The molecule has 1 rings (SSSR count). The molecule has 0 N–H and O–H groups in total. The van der Waals surface area contributed by atoms with Crippen LogP contribution in [0.3, 0.4) is 0 Å². The van der Waals surface area contributed by atoms with Crippen LogP contribution in [-0.4, -0.2) is 5.75 Å². The molecule has 0 aromatic carbocycles. The fourth-order valence-corrected chi connectivity index (χ4v) is 2.86. The molecule has 0 nitrogen and oxygen atoms in total. The molecule has 1 fully saturated rings. The largest absolute Gasteiger partial charge is 0.0622 e. The van der Waals surface area contributed by atoms with E-state index < -0.39 is 0 Å². The van der Waals surface area contributed by atoms with Crippen LogP contribution >= 0.6 is 21.7 Å². The van der Waals surface area contributed by atoms with Crippen molar-refractivity contribution in [2.75, 3.05) is 5.75 Å². The Kier molecular flexibility index (Phi) is 3.93. The first-order valence-corrected chi connectivity index (χ1v) is 5.89. The Balaban J connectivity index is 2.25. The van der Waals surface area contributed by atoms with Gasteiger partial charge in [0.25, 0.3) is 0 Å². The summed E-state index contributed by atoms with van der Waals surface area (Å²) in [6.07, 6.45) is 5.68. The molecule has 0 radical (unpaired) electrons. The zero-order chi connectivity index (χ0) is 7.40. The lowest BCUT2D eigenvalue weighted by Gasteiger charge is -2.27. The van der Waals surface area contributed by atoms with E-state index in [0.29, 0.717) is 0 Å². The second kappa shape index (κ2) is 4.50. The van der Waals surface area contributed by atoms with Gasteiger partial charge in [-0.3, -0.25) is 0 Å². The summed E-state index contributed by atoms with van der Waals surface area (Å²) >= 11 is 0. The highest BCUT2D eigenvalue weighted by Gasteiger charge is 2.20. The van der Waals surface area contributed by atoms with E-state index in [2.05, 4.69) is 6.92 Å². The van der Waals surface area contributed by atoms with Crippen molar-refractivity contribution >= 4 is 21.7 Å². The number of halogens is 1. The summed E-state index contributed by atoms with van der Waals surface area (Å²) in [5.41, 5.74) is 0. The fraction of sp³-hybridized carbons (Fsp3) is 1.00. The summed E-state index contributed by atoms with van der Waals surface area (Å²) in [6, 6.07) is 0. The molecule has 10 heavy (non-hydrogen) atoms. The Bertz CT molecular complexity index is 93.3. The number of hydrogen-bond acceptors (Lipinski definition) is 1. The van der Waals surface area contributed by atoms with Gasteiger partial charge in [-0.1, -0.05) is 37.2 Å². The maximum absolute atomic E-state index is 5.62. The molecule has 0 spiro atoms. The van der Waals surface area contributed by atoms with Crippen LogP contribution in [0.25, 0.3) is 0 Å². The maximum atomic E-state index is 5.62. The van der Waals surface area contributed by atoms with E-state index in [0.717, 1.165) is 17.6 Å². The molecule has 0 aromatic rings. The zero-order valence-electron chi connectivity index (χ0n) is 6.48. The van der Waals surface area contributed by atoms with E-state index in [1.807, 2.05) is 0 Å². The van der Waals surface area contributed by atoms with Gasteiger partial charge >= 0.3 is 0 Å². The van der Waals surface area contributed by atoms with Gasteiger partial charge in [0.1, 0.15) is 0 Å². The summed E-state index contributed by atoms with van der Waals surface area (Å²) in [7, 11) is 7.10. The van der Waals surface area contributed by atoms with Crippen LogP contribution in [0, 0.1) is 11.8 Å². The van der Waals surface area contributed by atoms with E-state index in [1.54, 1.807) is 0 Å². The highest BCUT2D eigenvalue weighted by atomic mass is 35.7. The Morgan fingerprint density at radius 3 is 2.70 bits per heavy atom. The molecule has 0 aliphatic heterocycles. The topological polar surface area (TPSA) is 0 Å². The van der Waals surface area contributed by atoms with Crippen molar-refractivity contribution in [2.45, 2.75) is 32.6 Å². The third-order valence-electron chi connectivity index (χ3n) is 2.57. The molecular formula is C8H15ClS. The summed E-state index contributed by atoms with van der Waals surface area (Å²) in [4.78, 5) is 0. The third kappa shape index (κ3) is 2.35. The average Bonchev–Trinajstić information content (AvgIpc) is 1.94. The van der Waals surface area contributed by atoms with Crippen molar-refractivity contribution in [3.05, 3.63) is 0 Å². The van der Waals surface area contributed by atoms with Crippen molar-refractivity contribution in [3.63, 3.8) is 0 Å². The molecule has 0 heterocycles. The Labute approximate surface area is 72.2 Å². The van der Waals surface area contributed by atoms with E-state index in [4.69, 9.17) is 10.7 Å². The smallest absolute Gasteiger partial charge is 0.0116 e. The van der Waals surface area contributed by atoms with Crippen molar-refractivity contribution in [1.29, 1.82) is 0 Å². The molecule has 2 atom stereocenters. The van der Waals surface area contributed by atoms with Crippen LogP contribution in [0.15, 0.2) is 0 Å². The van der Waals surface area contributed by atoms with Gasteiger partial charge in [0.05, 0.1) is 0 Å². The molecule has 0 bridgehead atoms. The van der Waals surface area contributed by atoms with Crippen molar-refractivity contribution in [1.82, 2.24) is 0 Å². The highest BCUT2D eigenvalue weighted by Crippen LogP contribution is 2.32. The fourth-order valence-electron chi connectivity index (χ4n) is 1.72. The lowest BCUT2D eigenvalue weighted by atomic mass is 9.82. The first-order chi connectivity index (χ1) is 4.84. The number of rotatable bonds is 2. The molecular weight excluding hydrogens is 164 g/mol. The predicted molar refractivity (Wildman–Crippen MR) is 49.4 cm³/mol. The summed E-state index contributed by atoms with van der Waals surface area (Å²) in [5, 5.41) is 0. The Morgan fingerprint density at radius 1 is 1.40 bits per heavy atom. The first-order valence-electron chi connectivity index (χ1n) is 4.08. The molecule has 60 valence electrons. The zero-order valence-corrected chi connectivity index (χ0v) is 8.05. The minimum atomic E-state index is 0.899. The minimum absolute atomic E-state index is 0.899. The lowest BCUT2D eigenvalue weighted by molar-refractivity contribution is 0.282. The Hall–Kier alpha value is 0.640. The van der Waals surface area contributed by atoms with Crippen molar-refractivity contribution in [3.8, 4) is 0 Å². The van der Waals surface area contributed by atoms with E-state index >= 15 is 0 Å².